The number of aromatic nitrogens is 4. The smallest absolute Gasteiger partial charge is 0.246 e. The molecule has 33 heavy (non-hydrogen) atoms. The van der Waals surface area contributed by atoms with E-state index in [4.69, 9.17) is 5.10 Å². The SMILES string of the molecule is O=C1CCCN1c1cc2cnc(Nc3ccc(N4CCNCC4)cn3)nn2c1C1=CCCC1. The number of amides is 1. The fourth-order valence-corrected chi connectivity index (χ4v) is 4.99. The van der Waals surface area contributed by atoms with Gasteiger partial charge in [-0.15, -0.1) is 5.10 Å². The number of piperazine rings is 1. The first-order chi connectivity index (χ1) is 16.3. The first kappa shape index (κ1) is 20.2. The topological polar surface area (TPSA) is 90.7 Å². The van der Waals surface area contributed by atoms with Gasteiger partial charge in [-0.25, -0.2) is 14.5 Å². The minimum Gasteiger partial charge on any atom is -0.368 e. The zero-order valence-corrected chi connectivity index (χ0v) is 18.6. The molecule has 170 valence electrons. The summed E-state index contributed by atoms with van der Waals surface area (Å²) in [5, 5.41) is 11.4. The van der Waals surface area contributed by atoms with Gasteiger partial charge in [-0.2, -0.15) is 0 Å². The van der Waals surface area contributed by atoms with E-state index in [1.54, 1.807) is 0 Å². The van der Waals surface area contributed by atoms with Gasteiger partial charge in [0.25, 0.3) is 0 Å². The summed E-state index contributed by atoms with van der Waals surface area (Å²) in [7, 11) is 0. The molecular weight excluding hydrogens is 416 g/mol. The Balaban J connectivity index is 1.31. The maximum atomic E-state index is 12.5. The fourth-order valence-electron chi connectivity index (χ4n) is 4.99. The minimum atomic E-state index is 0.186. The van der Waals surface area contributed by atoms with Crippen LogP contribution in [0.1, 0.15) is 37.8 Å². The van der Waals surface area contributed by atoms with Crippen molar-refractivity contribution >= 4 is 40.1 Å². The standard InChI is InChI=1S/C24H28N8O/c33-22-6-3-11-31(22)20-14-19-16-27-24(29-32(19)23(20)17-4-1-2-5-17)28-21-8-7-18(15-26-21)30-12-9-25-10-13-30/h4,7-8,14-16,25H,1-3,5-6,9-13H2,(H,26,28,29). The summed E-state index contributed by atoms with van der Waals surface area (Å²) in [5.74, 6) is 1.38. The van der Waals surface area contributed by atoms with Crippen LogP contribution in [-0.4, -0.2) is 58.2 Å². The number of hydrogen-bond acceptors (Lipinski definition) is 7. The van der Waals surface area contributed by atoms with Crippen molar-refractivity contribution in [2.75, 3.05) is 47.8 Å². The Hall–Kier alpha value is -3.46. The first-order valence-electron chi connectivity index (χ1n) is 11.8. The van der Waals surface area contributed by atoms with Crippen LogP contribution < -0.4 is 20.4 Å². The van der Waals surface area contributed by atoms with Crippen molar-refractivity contribution in [3.8, 4) is 0 Å². The number of pyridine rings is 1. The summed E-state index contributed by atoms with van der Waals surface area (Å²) in [6, 6.07) is 6.10. The van der Waals surface area contributed by atoms with Crippen LogP contribution in [0.15, 0.2) is 36.7 Å². The lowest BCUT2D eigenvalue weighted by Crippen LogP contribution is -2.43. The fraction of sp³-hybridized carbons (Fsp3) is 0.417. The van der Waals surface area contributed by atoms with Gasteiger partial charge in [0, 0.05) is 39.1 Å². The summed E-state index contributed by atoms with van der Waals surface area (Å²) in [6.07, 6.45) is 10.7. The van der Waals surface area contributed by atoms with Gasteiger partial charge in [0.15, 0.2) is 0 Å². The Morgan fingerprint density at radius 3 is 2.64 bits per heavy atom. The molecule has 0 spiro atoms. The molecule has 0 saturated carbocycles. The van der Waals surface area contributed by atoms with Gasteiger partial charge in [-0.1, -0.05) is 6.08 Å². The van der Waals surface area contributed by atoms with Crippen LogP contribution in [0.25, 0.3) is 11.1 Å². The molecule has 0 radical (unpaired) electrons. The number of rotatable bonds is 5. The number of carbonyl (C=O) groups is 1. The maximum absolute atomic E-state index is 12.5. The monoisotopic (exact) mass is 444 g/mol. The summed E-state index contributed by atoms with van der Waals surface area (Å²) in [5.41, 5.74) is 5.24. The number of carbonyl (C=O) groups excluding carboxylic acids is 1. The predicted molar refractivity (Wildman–Crippen MR) is 129 cm³/mol. The summed E-state index contributed by atoms with van der Waals surface area (Å²) < 4.78 is 1.93. The molecule has 1 amide bonds. The molecule has 0 bridgehead atoms. The highest BCUT2D eigenvalue weighted by Crippen LogP contribution is 2.38. The van der Waals surface area contributed by atoms with Crippen molar-refractivity contribution in [2.24, 2.45) is 0 Å². The van der Waals surface area contributed by atoms with E-state index in [1.165, 1.54) is 5.57 Å². The molecule has 3 aromatic rings. The molecule has 2 N–H and O–H groups in total. The van der Waals surface area contributed by atoms with Gasteiger partial charge in [-0.05, 0) is 49.5 Å². The number of allylic oxidation sites excluding steroid dienone is 2. The summed E-state index contributed by atoms with van der Waals surface area (Å²) in [4.78, 5) is 25.8. The molecule has 5 heterocycles. The first-order valence-corrected chi connectivity index (χ1v) is 11.8. The summed E-state index contributed by atoms with van der Waals surface area (Å²) >= 11 is 0. The van der Waals surface area contributed by atoms with E-state index in [9.17, 15) is 4.79 Å². The molecule has 0 atom stereocenters. The third-order valence-electron chi connectivity index (χ3n) is 6.68. The minimum absolute atomic E-state index is 0.186. The quantitative estimate of drug-likeness (QED) is 0.625. The van der Waals surface area contributed by atoms with E-state index < -0.39 is 0 Å². The van der Waals surface area contributed by atoms with E-state index in [1.807, 2.05) is 33.9 Å². The number of nitrogens with zero attached hydrogens (tertiary/aromatic N) is 6. The molecule has 9 nitrogen and oxygen atoms in total. The Morgan fingerprint density at radius 1 is 1.00 bits per heavy atom. The van der Waals surface area contributed by atoms with Crippen molar-refractivity contribution in [2.45, 2.75) is 32.1 Å². The number of nitrogens with one attached hydrogen (secondary N) is 2. The normalized spacial score (nSPS) is 18.9. The van der Waals surface area contributed by atoms with Crippen molar-refractivity contribution in [1.82, 2.24) is 24.9 Å². The van der Waals surface area contributed by atoms with Crippen LogP contribution in [0.4, 0.5) is 23.1 Å². The molecule has 2 aliphatic heterocycles. The van der Waals surface area contributed by atoms with E-state index >= 15 is 0 Å². The Kier molecular flexibility index (Phi) is 5.18. The zero-order valence-electron chi connectivity index (χ0n) is 18.6. The van der Waals surface area contributed by atoms with Crippen LogP contribution in [0.2, 0.25) is 0 Å². The lowest BCUT2D eigenvalue weighted by molar-refractivity contribution is -0.117. The second-order valence-corrected chi connectivity index (χ2v) is 8.83. The average Bonchev–Trinajstić information content (AvgIpc) is 3.59. The van der Waals surface area contributed by atoms with Crippen molar-refractivity contribution in [3.63, 3.8) is 0 Å². The zero-order chi connectivity index (χ0) is 22.2. The van der Waals surface area contributed by atoms with Crippen LogP contribution >= 0.6 is 0 Å². The predicted octanol–water partition coefficient (Wildman–Crippen LogP) is 2.97. The molecule has 2 fully saturated rings. The van der Waals surface area contributed by atoms with Crippen LogP contribution in [0, 0.1) is 0 Å². The molecule has 0 unspecified atom stereocenters. The number of fused-ring (bicyclic) bond motifs is 1. The van der Waals surface area contributed by atoms with E-state index in [-0.39, 0.29) is 5.91 Å². The lowest BCUT2D eigenvalue weighted by atomic mass is 10.1. The molecule has 2 saturated heterocycles. The lowest BCUT2D eigenvalue weighted by Gasteiger charge is -2.29. The van der Waals surface area contributed by atoms with Crippen LogP contribution in [0.5, 0.6) is 0 Å². The third kappa shape index (κ3) is 3.82. The van der Waals surface area contributed by atoms with Crippen LogP contribution in [0.3, 0.4) is 0 Å². The average molecular weight is 445 g/mol. The second-order valence-electron chi connectivity index (χ2n) is 8.83. The molecule has 3 aliphatic rings. The molecule has 1 aliphatic carbocycles. The highest BCUT2D eigenvalue weighted by molar-refractivity contribution is 5.99. The molecule has 0 aromatic carbocycles. The van der Waals surface area contributed by atoms with Gasteiger partial charge >= 0.3 is 0 Å². The second kappa shape index (κ2) is 8.47. The summed E-state index contributed by atoms with van der Waals surface area (Å²) in [6.45, 7) is 4.73. The van der Waals surface area contributed by atoms with Gasteiger partial charge in [-0.3, -0.25) is 4.79 Å². The van der Waals surface area contributed by atoms with Gasteiger partial charge in [0.2, 0.25) is 11.9 Å². The van der Waals surface area contributed by atoms with E-state index in [2.05, 4.69) is 37.6 Å². The highest BCUT2D eigenvalue weighted by atomic mass is 16.2. The van der Waals surface area contributed by atoms with Gasteiger partial charge in [0.05, 0.1) is 35.0 Å². The van der Waals surface area contributed by atoms with Gasteiger partial charge in [0.1, 0.15) is 5.82 Å². The van der Waals surface area contributed by atoms with Crippen LogP contribution in [-0.2, 0) is 4.79 Å². The van der Waals surface area contributed by atoms with Crippen molar-refractivity contribution < 1.29 is 4.79 Å². The molecule has 6 rings (SSSR count). The molecular formula is C24H28N8O. The third-order valence-corrected chi connectivity index (χ3v) is 6.68. The van der Waals surface area contributed by atoms with Gasteiger partial charge < -0.3 is 20.4 Å². The number of hydrogen-bond donors (Lipinski definition) is 2. The Bertz CT molecular complexity index is 1210. The largest absolute Gasteiger partial charge is 0.368 e. The number of anilines is 4. The van der Waals surface area contributed by atoms with Crippen molar-refractivity contribution in [1.29, 1.82) is 0 Å². The van der Waals surface area contributed by atoms with E-state index in [0.29, 0.717) is 18.2 Å². The van der Waals surface area contributed by atoms with Crippen molar-refractivity contribution in [3.05, 3.63) is 42.4 Å². The highest BCUT2D eigenvalue weighted by Gasteiger charge is 2.28. The van der Waals surface area contributed by atoms with E-state index in [0.717, 1.165) is 81.0 Å². The Morgan fingerprint density at radius 2 is 1.91 bits per heavy atom. The molecule has 3 aromatic heterocycles. The Labute approximate surface area is 192 Å². The maximum Gasteiger partial charge on any atom is 0.246 e. The molecule has 9 heteroatoms.